The van der Waals surface area contributed by atoms with E-state index in [1.54, 1.807) is 0 Å². The zero-order valence-corrected chi connectivity index (χ0v) is 8.28. The van der Waals surface area contributed by atoms with Crippen LogP contribution >= 0.6 is 27.7 Å². The molecule has 58 valence electrons. The molecule has 2 rings (SSSR count). The van der Waals surface area contributed by atoms with Gasteiger partial charge in [-0.25, -0.2) is 9.97 Å². The number of fused-ring (bicyclic) bond motifs is 1. The van der Waals surface area contributed by atoms with Gasteiger partial charge in [0.15, 0.2) is 4.73 Å². The van der Waals surface area contributed by atoms with Crippen molar-refractivity contribution in [1.29, 1.82) is 0 Å². The van der Waals surface area contributed by atoms with Gasteiger partial charge >= 0.3 is 0 Å². The maximum atomic E-state index is 4.30. The summed E-state index contributed by atoms with van der Waals surface area (Å²) in [5.41, 5.74) is 2.51. The molecule has 0 fully saturated rings. The van der Waals surface area contributed by atoms with Crippen LogP contribution in [0.25, 0.3) is 0 Å². The third-order valence-corrected chi connectivity index (χ3v) is 3.03. The Morgan fingerprint density at radius 2 is 2.45 bits per heavy atom. The molecule has 1 aromatic rings. The molecule has 0 atom stereocenters. The van der Waals surface area contributed by atoms with Gasteiger partial charge in [0.25, 0.3) is 0 Å². The number of hydrogen-bond donors (Lipinski definition) is 0. The minimum absolute atomic E-state index is 0.707. The highest BCUT2D eigenvalue weighted by Crippen LogP contribution is 2.22. The summed E-state index contributed by atoms with van der Waals surface area (Å²) in [5.74, 6) is 2.24. The second kappa shape index (κ2) is 3.11. The third kappa shape index (κ3) is 1.56. The molecule has 1 aromatic heterocycles. The molecule has 2 heterocycles. The lowest BCUT2D eigenvalue weighted by Gasteiger charge is -2.12. The number of rotatable bonds is 0. The van der Waals surface area contributed by atoms with Gasteiger partial charge in [-0.2, -0.15) is 11.8 Å². The van der Waals surface area contributed by atoms with E-state index in [2.05, 4.69) is 25.9 Å². The smallest absolute Gasteiger partial charge is 0.196 e. The van der Waals surface area contributed by atoms with E-state index in [0.29, 0.717) is 4.73 Å². The molecular weight excluding hydrogens is 224 g/mol. The van der Waals surface area contributed by atoms with Gasteiger partial charge in [-0.15, -0.1) is 0 Å². The molecule has 0 amide bonds. The molecule has 11 heavy (non-hydrogen) atoms. The molecule has 0 radical (unpaired) electrons. The van der Waals surface area contributed by atoms with E-state index in [1.807, 2.05) is 18.0 Å². The topological polar surface area (TPSA) is 25.8 Å². The van der Waals surface area contributed by atoms with Crippen molar-refractivity contribution < 1.29 is 0 Å². The van der Waals surface area contributed by atoms with Crippen molar-refractivity contribution in [2.24, 2.45) is 0 Å². The molecule has 0 saturated carbocycles. The van der Waals surface area contributed by atoms with Gasteiger partial charge in [0.2, 0.25) is 0 Å². The van der Waals surface area contributed by atoms with Gasteiger partial charge in [0, 0.05) is 11.9 Å². The summed E-state index contributed by atoms with van der Waals surface area (Å²) in [6.07, 6.45) is 3.04. The van der Waals surface area contributed by atoms with E-state index in [9.17, 15) is 0 Å². The van der Waals surface area contributed by atoms with Crippen molar-refractivity contribution in [3.63, 3.8) is 0 Å². The Morgan fingerprint density at radius 1 is 1.55 bits per heavy atom. The first-order valence-electron chi connectivity index (χ1n) is 3.44. The monoisotopic (exact) mass is 230 g/mol. The number of halogens is 1. The zero-order chi connectivity index (χ0) is 7.68. The minimum atomic E-state index is 0.707. The van der Waals surface area contributed by atoms with Gasteiger partial charge in [0.1, 0.15) is 0 Å². The SMILES string of the molecule is Brc1ncc2c(n1)CSCC2. The third-order valence-electron chi connectivity index (χ3n) is 1.68. The summed E-state index contributed by atoms with van der Waals surface area (Å²) in [5, 5.41) is 0. The van der Waals surface area contributed by atoms with Gasteiger partial charge in [-0.05, 0) is 33.7 Å². The van der Waals surface area contributed by atoms with Gasteiger partial charge in [0.05, 0.1) is 5.69 Å². The van der Waals surface area contributed by atoms with E-state index in [-0.39, 0.29) is 0 Å². The molecule has 2 nitrogen and oxygen atoms in total. The molecule has 0 unspecified atom stereocenters. The lowest BCUT2D eigenvalue weighted by Crippen LogP contribution is -2.05. The van der Waals surface area contributed by atoms with Crippen molar-refractivity contribution in [1.82, 2.24) is 9.97 Å². The van der Waals surface area contributed by atoms with Crippen LogP contribution < -0.4 is 0 Å². The van der Waals surface area contributed by atoms with Crippen LogP contribution in [0.3, 0.4) is 0 Å². The summed E-state index contributed by atoms with van der Waals surface area (Å²) in [6, 6.07) is 0. The van der Waals surface area contributed by atoms with Crippen LogP contribution in [0.4, 0.5) is 0 Å². The first-order chi connectivity index (χ1) is 5.36. The first kappa shape index (κ1) is 7.55. The average Bonchev–Trinajstić information content (AvgIpc) is 2.04. The molecule has 1 aliphatic rings. The van der Waals surface area contributed by atoms with Gasteiger partial charge in [-0.1, -0.05) is 0 Å². The fraction of sp³-hybridized carbons (Fsp3) is 0.429. The lowest BCUT2D eigenvalue weighted by atomic mass is 10.2. The predicted molar refractivity (Wildman–Crippen MR) is 49.6 cm³/mol. The Balaban J connectivity index is 2.43. The van der Waals surface area contributed by atoms with Crippen LogP contribution in [0.2, 0.25) is 0 Å². The highest BCUT2D eigenvalue weighted by Gasteiger charge is 2.10. The second-order valence-corrected chi connectivity index (χ2v) is 4.23. The second-order valence-electron chi connectivity index (χ2n) is 2.41. The van der Waals surface area contributed by atoms with Crippen LogP contribution in [-0.2, 0) is 12.2 Å². The Morgan fingerprint density at radius 3 is 3.36 bits per heavy atom. The number of aryl methyl sites for hydroxylation is 1. The first-order valence-corrected chi connectivity index (χ1v) is 5.39. The molecular formula is C7H7BrN2S. The van der Waals surface area contributed by atoms with Crippen LogP contribution in [-0.4, -0.2) is 15.7 Å². The Bertz CT molecular complexity index is 277. The Labute approximate surface area is 78.0 Å². The van der Waals surface area contributed by atoms with Crippen molar-refractivity contribution in [2.45, 2.75) is 12.2 Å². The summed E-state index contributed by atoms with van der Waals surface area (Å²) in [6.45, 7) is 0. The van der Waals surface area contributed by atoms with Gasteiger partial charge in [-0.3, -0.25) is 0 Å². The van der Waals surface area contributed by atoms with Crippen LogP contribution in [0, 0.1) is 0 Å². The van der Waals surface area contributed by atoms with Gasteiger partial charge < -0.3 is 0 Å². The largest absolute Gasteiger partial charge is 0.230 e. The fourth-order valence-electron chi connectivity index (χ4n) is 1.10. The zero-order valence-electron chi connectivity index (χ0n) is 5.88. The van der Waals surface area contributed by atoms with Crippen molar-refractivity contribution in [3.8, 4) is 0 Å². The van der Waals surface area contributed by atoms with Crippen molar-refractivity contribution >= 4 is 27.7 Å². The van der Waals surface area contributed by atoms with E-state index < -0.39 is 0 Å². The van der Waals surface area contributed by atoms with E-state index >= 15 is 0 Å². The van der Waals surface area contributed by atoms with Crippen LogP contribution in [0.1, 0.15) is 11.3 Å². The fourth-order valence-corrected chi connectivity index (χ4v) is 2.37. The highest BCUT2D eigenvalue weighted by molar-refractivity contribution is 9.10. The summed E-state index contributed by atoms with van der Waals surface area (Å²) in [4.78, 5) is 8.39. The van der Waals surface area contributed by atoms with Crippen LogP contribution in [0.15, 0.2) is 10.9 Å². The summed E-state index contributed by atoms with van der Waals surface area (Å²) < 4.78 is 0.707. The number of aromatic nitrogens is 2. The normalized spacial score (nSPS) is 16.1. The molecule has 0 bridgehead atoms. The Kier molecular flexibility index (Phi) is 2.13. The lowest BCUT2D eigenvalue weighted by molar-refractivity contribution is 0.949. The molecule has 4 heteroatoms. The van der Waals surface area contributed by atoms with Crippen LogP contribution in [0.5, 0.6) is 0 Å². The van der Waals surface area contributed by atoms with E-state index in [0.717, 1.165) is 12.2 Å². The molecule has 0 N–H and O–H groups in total. The number of thioether (sulfide) groups is 1. The predicted octanol–water partition coefficient (Wildman–Crippen LogP) is 2.03. The maximum Gasteiger partial charge on any atom is 0.196 e. The minimum Gasteiger partial charge on any atom is -0.230 e. The maximum absolute atomic E-state index is 4.30. The molecule has 0 aromatic carbocycles. The number of nitrogens with zero attached hydrogens (tertiary/aromatic N) is 2. The molecule has 0 saturated heterocycles. The molecule has 1 aliphatic heterocycles. The van der Waals surface area contributed by atoms with Crippen molar-refractivity contribution in [2.75, 3.05) is 5.75 Å². The van der Waals surface area contributed by atoms with E-state index in [4.69, 9.17) is 0 Å². The summed E-state index contributed by atoms with van der Waals surface area (Å²) in [7, 11) is 0. The number of hydrogen-bond acceptors (Lipinski definition) is 3. The quantitative estimate of drug-likeness (QED) is 0.639. The average molecular weight is 231 g/mol. The van der Waals surface area contributed by atoms with E-state index in [1.165, 1.54) is 17.0 Å². The molecule has 0 spiro atoms. The highest BCUT2D eigenvalue weighted by atomic mass is 79.9. The Hall–Kier alpha value is -0.0900. The van der Waals surface area contributed by atoms with Crippen molar-refractivity contribution in [3.05, 3.63) is 22.2 Å². The summed E-state index contributed by atoms with van der Waals surface area (Å²) >= 11 is 5.19. The molecule has 0 aliphatic carbocycles. The standard InChI is InChI=1S/C7H7BrN2S/c8-7-9-3-5-1-2-11-4-6(5)10-7/h3H,1-2,4H2.